The molecule has 0 aromatic heterocycles. The summed E-state index contributed by atoms with van der Waals surface area (Å²) < 4.78 is 7.14. The van der Waals surface area contributed by atoms with E-state index in [4.69, 9.17) is 4.74 Å². The van der Waals surface area contributed by atoms with Crippen molar-refractivity contribution in [1.29, 1.82) is 15.8 Å². The molecule has 0 radical (unpaired) electrons. The summed E-state index contributed by atoms with van der Waals surface area (Å²) in [4.78, 5) is 4.79. The molecule has 5 nitrogen and oxygen atoms in total. The molecule has 2 heterocycles. The van der Waals surface area contributed by atoms with Crippen molar-refractivity contribution in [2.24, 2.45) is 11.3 Å². The monoisotopic (exact) mass is 792 g/mol. The van der Waals surface area contributed by atoms with E-state index in [9.17, 15) is 15.8 Å². The molecule has 0 N–H and O–H groups in total. The van der Waals surface area contributed by atoms with Gasteiger partial charge in [0.15, 0.2) is 11.3 Å². The van der Waals surface area contributed by atoms with Crippen molar-refractivity contribution >= 4 is 33.4 Å². The van der Waals surface area contributed by atoms with Gasteiger partial charge in [0.1, 0.15) is 29.4 Å². The van der Waals surface area contributed by atoms with E-state index in [-0.39, 0.29) is 27.7 Å². The lowest BCUT2D eigenvalue weighted by atomic mass is 9.70. The minimum Gasteiger partial charge on any atom is -0.480 e. The minimum absolute atomic E-state index is 0.0264. The SMILES string of the molecule is CC1(C)OC(=C(C#N)C#N)C(C#N)=C1C=CC1=C(Sc2ccc(Br)cc2)C(=CC=C2N(Cc3ccccc3)c3ccccc3C2(C)C)CC(C(C)(C)C)C1. The zero-order valence-corrected chi connectivity index (χ0v) is 34.4. The number of nitrogens with zero attached hydrogens (tertiary/aromatic N) is 4. The van der Waals surface area contributed by atoms with Crippen molar-refractivity contribution in [2.45, 2.75) is 83.8 Å². The second kappa shape index (κ2) is 15.4. The number of nitriles is 3. The largest absolute Gasteiger partial charge is 0.480 e. The molecule has 7 heteroatoms. The number of rotatable bonds is 7. The Morgan fingerprint density at radius 1 is 0.889 bits per heavy atom. The number of anilines is 1. The molecule has 3 aromatic rings. The van der Waals surface area contributed by atoms with Crippen LogP contribution < -0.4 is 4.90 Å². The van der Waals surface area contributed by atoms with Crippen molar-refractivity contribution in [2.75, 3.05) is 4.90 Å². The van der Waals surface area contributed by atoms with Crippen LogP contribution in [-0.4, -0.2) is 5.60 Å². The summed E-state index contributed by atoms with van der Waals surface area (Å²) in [6.45, 7) is 16.1. The lowest BCUT2D eigenvalue weighted by molar-refractivity contribution is 0.0954. The maximum absolute atomic E-state index is 10.3. The molecule has 0 bridgehead atoms. The van der Waals surface area contributed by atoms with Crippen molar-refractivity contribution in [3.05, 3.63) is 163 Å². The Bertz CT molecular complexity index is 2260. The normalized spacial score (nSPS) is 20.6. The summed E-state index contributed by atoms with van der Waals surface area (Å²) in [6.07, 6.45) is 10.6. The fourth-order valence-corrected chi connectivity index (χ4v) is 8.91. The first-order valence-electron chi connectivity index (χ1n) is 18.2. The van der Waals surface area contributed by atoms with E-state index in [0.717, 1.165) is 28.8 Å². The first kappa shape index (κ1) is 38.7. The molecule has 1 atom stereocenters. The number of benzene rings is 3. The highest BCUT2D eigenvalue weighted by Crippen LogP contribution is 2.51. The van der Waals surface area contributed by atoms with E-state index in [0.29, 0.717) is 11.5 Å². The second-order valence-electron chi connectivity index (χ2n) is 16.1. The summed E-state index contributed by atoms with van der Waals surface area (Å²) in [7, 11) is 0. The molecule has 2 aliphatic heterocycles. The number of ether oxygens (including phenoxy) is 1. The zero-order valence-electron chi connectivity index (χ0n) is 32.0. The van der Waals surface area contributed by atoms with Gasteiger partial charge in [-0.15, -0.1) is 0 Å². The van der Waals surface area contributed by atoms with Gasteiger partial charge in [-0.05, 0) is 96.7 Å². The van der Waals surface area contributed by atoms with Gasteiger partial charge in [-0.1, -0.05) is 129 Å². The van der Waals surface area contributed by atoms with Crippen LogP contribution in [0.25, 0.3) is 0 Å². The molecule has 1 aliphatic carbocycles. The van der Waals surface area contributed by atoms with E-state index in [1.807, 2.05) is 32.1 Å². The predicted molar refractivity (Wildman–Crippen MR) is 223 cm³/mol. The number of hydrogen-bond acceptors (Lipinski definition) is 6. The van der Waals surface area contributed by atoms with Crippen LogP contribution in [0.4, 0.5) is 5.69 Å². The van der Waals surface area contributed by atoms with Crippen molar-refractivity contribution in [1.82, 2.24) is 0 Å². The standard InChI is InChI=1S/C47H45BrN4OS/c1-45(2,3)35-25-32(17-23-39-38(29-51)43(34(27-49)28-50)53-47(39,6)7)44(54-37-21-19-36(48)20-22-37)33(26-35)18-24-42-46(4,5)40-15-11-12-16-41(40)52(42)30-31-13-9-8-10-14-31/h8-24,35H,25-26,30H2,1-7H3. The van der Waals surface area contributed by atoms with E-state index < -0.39 is 5.60 Å². The van der Waals surface area contributed by atoms with Crippen LogP contribution in [0.2, 0.25) is 0 Å². The Hall–Kier alpha value is -5.00. The first-order chi connectivity index (χ1) is 25.7. The maximum atomic E-state index is 10.3. The highest BCUT2D eigenvalue weighted by atomic mass is 79.9. The van der Waals surface area contributed by atoms with Crippen molar-refractivity contribution in [3.63, 3.8) is 0 Å². The quantitative estimate of drug-likeness (QED) is 0.222. The summed E-state index contributed by atoms with van der Waals surface area (Å²) in [5.74, 6) is 0.399. The van der Waals surface area contributed by atoms with Gasteiger partial charge in [-0.25, -0.2) is 0 Å². The average Bonchev–Trinajstić information content (AvgIpc) is 3.52. The number of halogens is 1. The number of fused-ring (bicyclic) bond motifs is 1. The maximum Gasteiger partial charge on any atom is 0.172 e. The van der Waals surface area contributed by atoms with Crippen LogP contribution in [0.3, 0.4) is 0 Å². The lowest BCUT2D eigenvalue weighted by Gasteiger charge is -2.37. The van der Waals surface area contributed by atoms with Crippen LogP contribution in [0, 0.1) is 45.3 Å². The molecular weight excluding hydrogens is 749 g/mol. The fourth-order valence-electron chi connectivity index (χ4n) is 7.57. The molecule has 0 saturated carbocycles. The fraction of sp³-hybridized carbons (Fsp3) is 0.298. The zero-order chi connectivity index (χ0) is 38.8. The van der Waals surface area contributed by atoms with Crippen molar-refractivity contribution < 1.29 is 4.74 Å². The number of hydrogen-bond donors (Lipinski definition) is 0. The molecule has 6 rings (SSSR count). The molecule has 272 valence electrons. The van der Waals surface area contributed by atoms with Crippen LogP contribution in [0.15, 0.2) is 157 Å². The van der Waals surface area contributed by atoms with Crippen molar-refractivity contribution in [3.8, 4) is 18.2 Å². The van der Waals surface area contributed by atoms with Gasteiger partial charge in [0.25, 0.3) is 0 Å². The molecule has 1 unspecified atom stereocenters. The Balaban J connectivity index is 1.54. The predicted octanol–water partition coefficient (Wildman–Crippen LogP) is 12.5. The third kappa shape index (κ3) is 7.79. The average molecular weight is 794 g/mol. The molecular formula is C47H45BrN4OS. The lowest BCUT2D eigenvalue weighted by Crippen LogP contribution is -2.26. The molecule has 3 aromatic carbocycles. The molecule has 0 amide bonds. The van der Waals surface area contributed by atoms with E-state index in [1.54, 1.807) is 11.8 Å². The number of allylic oxidation sites excluding steroid dienone is 8. The van der Waals surface area contributed by atoms with Gasteiger partial charge < -0.3 is 9.64 Å². The Morgan fingerprint density at radius 2 is 1.56 bits per heavy atom. The summed E-state index contributed by atoms with van der Waals surface area (Å²) in [5.41, 5.74) is 7.09. The van der Waals surface area contributed by atoms with E-state index in [2.05, 4.69) is 159 Å². The summed E-state index contributed by atoms with van der Waals surface area (Å²) in [5, 5.41) is 29.5. The van der Waals surface area contributed by atoms with Crippen LogP contribution >= 0.6 is 27.7 Å². The number of thioether (sulfide) groups is 1. The van der Waals surface area contributed by atoms with Crippen LogP contribution in [0.5, 0.6) is 0 Å². The van der Waals surface area contributed by atoms with Gasteiger partial charge in [0.05, 0.1) is 0 Å². The molecule has 0 saturated heterocycles. The van der Waals surface area contributed by atoms with Gasteiger partial charge in [-0.2, -0.15) is 15.8 Å². The van der Waals surface area contributed by atoms with Crippen LogP contribution in [0.1, 0.15) is 72.4 Å². The Morgan fingerprint density at radius 3 is 2.20 bits per heavy atom. The smallest absolute Gasteiger partial charge is 0.172 e. The topological polar surface area (TPSA) is 83.8 Å². The minimum atomic E-state index is -0.901. The van der Waals surface area contributed by atoms with E-state index in [1.165, 1.54) is 38.6 Å². The summed E-state index contributed by atoms with van der Waals surface area (Å²) in [6, 6.07) is 33.9. The molecule has 54 heavy (non-hydrogen) atoms. The highest BCUT2D eigenvalue weighted by Gasteiger charge is 2.41. The highest BCUT2D eigenvalue weighted by molar-refractivity contribution is 9.10. The first-order valence-corrected chi connectivity index (χ1v) is 19.8. The second-order valence-corrected chi connectivity index (χ2v) is 18.1. The molecule has 0 spiro atoms. The van der Waals surface area contributed by atoms with Gasteiger partial charge in [0.2, 0.25) is 0 Å². The van der Waals surface area contributed by atoms with Crippen LogP contribution in [-0.2, 0) is 16.7 Å². The molecule has 3 aliphatic rings. The van der Waals surface area contributed by atoms with Gasteiger partial charge in [-0.3, -0.25) is 0 Å². The third-order valence-corrected chi connectivity index (χ3v) is 12.5. The Kier molecular flexibility index (Phi) is 11.0. The Labute approximate surface area is 333 Å². The molecule has 0 fully saturated rings. The third-order valence-electron chi connectivity index (χ3n) is 10.7. The van der Waals surface area contributed by atoms with Gasteiger partial charge in [0, 0.05) is 43.2 Å². The number of para-hydroxylation sites is 1. The van der Waals surface area contributed by atoms with Gasteiger partial charge >= 0.3 is 0 Å². The summed E-state index contributed by atoms with van der Waals surface area (Å²) >= 11 is 5.37. The van der Waals surface area contributed by atoms with E-state index >= 15 is 0 Å².